The first-order chi connectivity index (χ1) is 10.1. The van der Waals surface area contributed by atoms with Gasteiger partial charge in [-0.15, -0.1) is 11.8 Å². The quantitative estimate of drug-likeness (QED) is 0.914. The van der Waals surface area contributed by atoms with Gasteiger partial charge in [0.05, 0.1) is 18.7 Å². The standard InChI is InChI=1S/C15H18N2O3S/c18-14(10-16-8-11(9-16)7-15(19)20)17-5-6-21-13-4-2-1-3-12(13)17/h1-4,11H,5-10H2,(H,19,20). The lowest BCUT2D eigenvalue weighted by molar-refractivity contribution is -0.139. The molecule has 0 bridgehead atoms. The van der Waals surface area contributed by atoms with Gasteiger partial charge in [0.2, 0.25) is 5.91 Å². The van der Waals surface area contributed by atoms with Gasteiger partial charge in [0.25, 0.3) is 0 Å². The Bertz CT molecular complexity index is 558. The Morgan fingerprint density at radius 3 is 2.81 bits per heavy atom. The Morgan fingerprint density at radius 2 is 2.05 bits per heavy atom. The van der Waals surface area contributed by atoms with Crippen molar-refractivity contribution in [3.8, 4) is 0 Å². The van der Waals surface area contributed by atoms with Crippen LogP contribution in [0.15, 0.2) is 29.2 Å². The van der Waals surface area contributed by atoms with Gasteiger partial charge < -0.3 is 10.0 Å². The lowest BCUT2D eigenvalue weighted by Gasteiger charge is -2.39. The molecule has 0 unspecified atom stereocenters. The van der Waals surface area contributed by atoms with Gasteiger partial charge in [-0.2, -0.15) is 0 Å². The predicted molar refractivity (Wildman–Crippen MR) is 81.7 cm³/mol. The van der Waals surface area contributed by atoms with Crippen molar-refractivity contribution in [2.75, 3.05) is 36.8 Å². The number of carboxylic acid groups (broad SMARTS) is 1. The SMILES string of the molecule is O=C(O)CC1CN(CC(=O)N2CCSc3ccccc32)C1. The fourth-order valence-electron chi connectivity index (χ4n) is 2.89. The van der Waals surface area contributed by atoms with Crippen LogP contribution in [0.4, 0.5) is 5.69 Å². The van der Waals surface area contributed by atoms with E-state index in [1.54, 1.807) is 11.8 Å². The number of carboxylic acids is 1. The van der Waals surface area contributed by atoms with Crippen molar-refractivity contribution in [3.05, 3.63) is 24.3 Å². The van der Waals surface area contributed by atoms with Crippen LogP contribution in [0.5, 0.6) is 0 Å². The van der Waals surface area contributed by atoms with Crippen LogP contribution in [0, 0.1) is 5.92 Å². The second kappa shape index (κ2) is 6.07. The Balaban J connectivity index is 1.57. The number of carbonyl (C=O) groups excluding carboxylic acids is 1. The summed E-state index contributed by atoms with van der Waals surface area (Å²) < 4.78 is 0. The van der Waals surface area contributed by atoms with Crippen LogP contribution in [0.1, 0.15) is 6.42 Å². The lowest BCUT2D eigenvalue weighted by atomic mass is 9.96. The van der Waals surface area contributed by atoms with E-state index in [0.717, 1.165) is 22.9 Å². The lowest BCUT2D eigenvalue weighted by Crippen LogP contribution is -2.52. The summed E-state index contributed by atoms with van der Waals surface area (Å²) in [6.07, 6.45) is 0.202. The van der Waals surface area contributed by atoms with Gasteiger partial charge >= 0.3 is 5.97 Å². The molecule has 5 nitrogen and oxygen atoms in total. The molecular formula is C15H18N2O3S. The number of carbonyl (C=O) groups is 2. The Labute approximate surface area is 127 Å². The minimum Gasteiger partial charge on any atom is -0.481 e. The van der Waals surface area contributed by atoms with Gasteiger partial charge in [-0.25, -0.2) is 0 Å². The van der Waals surface area contributed by atoms with Crippen LogP contribution in [-0.2, 0) is 9.59 Å². The highest BCUT2D eigenvalue weighted by molar-refractivity contribution is 7.99. The molecule has 112 valence electrons. The molecular weight excluding hydrogens is 288 g/mol. The molecule has 0 aromatic heterocycles. The topological polar surface area (TPSA) is 60.9 Å². The van der Waals surface area contributed by atoms with Gasteiger partial charge in [0.15, 0.2) is 0 Å². The van der Waals surface area contributed by atoms with E-state index < -0.39 is 5.97 Å². The molecule has 2 aliphatic heterocycles. The van der Waals surface area contributed by atoms with Crippen molar-refractivity contribution < 1.29 is 14.7 Å². The number of nitrogens with zero attached hydrogens (tertiary/aromatic N) is 2. The zero-order valence-electron chi connectivity index (χ0n) is 11.7. The van der Waals surface area contributed by atoms with Gasteiger partial charge in [-0.3, -0.25) is 14.5 Å². The van der Waals surface area contributed by atoms with Crippen molar-refractivity contribution in [2.24, 2.45) is 5.92 Å². The molecule has 1 amide bonds. The fourth-order valence-corrected chi connectivity index (χ4v) is 3.88. The van der Waals surface area contributed by atoms with E-state index in [0.29, 0.717) is 19.6 Å². The second-order valence-corrected chi connectivity index (χ2v) is 6.66. The number of likely N-dealkylation sites (tertiary alicyclic amines) is 1. The molecule has 0 aliphatic carbocycles. The van der Waals surface area contributed by atoms with Crippen LogP contribution in [-0.4, -0.2) is 53.8 Å². The zero-order valence-corrected chi connectivity index (χ0v) is 12.5. The summed E-state index contributed by atoms with van der Waals surface area (Å²) >= 11 is 1.78. The van der Waals surface area contributed by atoms with Crippen LogP contribution < -0.4 is 4.90 Å². The van der Waals surface area contributed by atoms with Crippen LogP contribution >= 0.6 is 11.8 Å². The third-order valence-corrected chi connectivity index (χ3v) is 4.93. The molecule has 1 saturated heterocycles. The largest absolute Gasteiger partial charge is 0.481 e. The van der Waals surface area contributed by atoms with Crippen LogP contribution in [0.3, 0.4) is 0 Å². The fraction of sp³-hybridized carbons (Fsp3) is 0.467. The highest BCUT2D eigenvalue weighted by Crippen LogP contribution is 2.34. The molecule has 1 N–H and O–H groups in total. The maximum absolute atomic E-state index is 12.5. The normalized spacial score (nSPS) is 19.0. The number of aliphatic carboxylic acids is 1. The summed E-state index contributed by atoms with van der Waals surface area (Å²) in [4.78, 5) is 28.1. The van der Waals surface area contributed by atoms with E-state index >= 15 is 0 Å². The molecule has 0 radical (unpaired) electrons. The second-order valence-electron chi connectivity index (χ2n) is 5.52. The predicted octanol–water partition coefficient (Wildman–Crippen LogP) is 1.53. The first-order valence-electron chi connectivity index (χ1n) is 7.10. The van der Waals surface area contributed by atoms with Crippen molar-refractivity contribution in [1.82, 2.24) is 4.90 Å². The smallest absolute Gasteiger partial charge is 0.303 e. The number of benzene rings is 1. The van der Waals surface area contributed by atoms with E-state index in [9.17, 15) is 9.59 Å². The van der Waals surface area contributed by atoms with Gasteiger partial charge in [0, 0.05) is 30.3 Å². The Kier molecular flexibility index (Phi) is 4.17. The first kappa shape index (κ1) is 14.4. The molecule has 0 atom stereocenters. The molecule has 6 heteroatoms. The highest BCUT2D eigenvalue weighted by atomic mass is 32.2. The summed E-state index contributed by atoms with van der Waals surface area (Å²) in [5.74, 6) is 0.466. The van der Waals surface area contributed by atoms with Crippen molar-refractivity contribution in [3.63, 3.8) is 0 Å². The van der Waals surface area contributed by atoms with E-state index in [-0.39, 0.29) is 18.2 Å². The molecule has 2 heterocycles. The van der Waals surface area contributed by atoms with Crippen molar-refractivity contribution in [2.45, 2.75) is 11.3 Å². The first-order valence-corrected chi connectivity index (χ1v) is 8.08. The summed E-state index contributed by atoms with van der Waals surface area (Å²) in [6.45, 7) is 2.55. The molecule has 0 saturated carbocycles. The Morgan fingerprint density at radius 1 is 1.29 bits per heavy atom. The number of hydrogen-bond acceptors (Lipinski definition) is 4. The zero-order chi connectivity index (χ0) is 14.8. The molecule has 1 aromatic rings. The number of rotatable bonds is 4. The number of thioether (sulfide) groups is 1. The van der Waals surface area contributed by atoms with E-state index in [1.807, 2.05) is 34.1 Å². The van der Waals surface area contributed by atoms with Crippen LogP contribution in [0.2, 0.25) is 0 Å². The average molecular weight is 306 g/mol. The van der Waals surface area contributed by atoms with Gasteiger partial charge in [-0.1, -0.05) is 12.1 Å². The minimum atomic E-state index is -0.757. The number of anilines is 1. The molecule has 1 fully saturated rings. The number of hydrogen-bond donors (Lipinski definition) is 1. The number of fused-ring (bicyclic) bond motifs is 1. The van der Waals surface area contributed by atoms with E-state index in [4.69, 9.17) is 5.11 Å². The van der Waals surface area contributed by atoms with Gasteiger partial charge in [0.1, 0.15) is 0 Å². The summed E-state index contributed by atoms with van der Waals surface area (Å²) in [6, 6.07) is 7.98. The molecule has 1 aromatic carbocycles. The third-order valence-electron chi connectivity index (χ3n) is 3.88. The minimum absolute atomic E-state index is 0.108. The third kappa shape index (κ3) is 3.22. The van der Waals surface area contributed by atoms with Gasteiger partial charge in [-0.05, 0) is 18.1 Å². The average Bonchev–Trinajstić information content (AvgIpc) is 2.43. The summed E-state index contributed by atoms with van der Waals surface area (Å²) in [5, 5.41) is 8.73. The van der Waals surface area contributed by atoms with Crippen LogP contribution in [0.25, 0.3) is 0 Å². The van der Waals surface area contributed by atoms with E-state index in [1.165, 1.54) is 0 Å². The highest BCUT2D eigenvalue weighted by Gasteiger charge is 2.32. The maximum Gasteiger partial charge on any atom is 0.303 e. The molecule has 21 heavy (non-hydrogen) atoms. The molecule has 3 rings (SSSR count). The summed E-state index contributed by atoms with van der Waals surface area (Å²) in [7, 11) is 0. The summed E-state index contributed by atoms with van der Waals surface area (Å²) in [5.41, 5.74) is 1.00. The van der Waals surface area contributed by atoms with E-state index in [2.05, 4.69) is 0 Å². The van der Waals surface area contributed by atoms with Crippen molar-refractivity contribution in [1.29, 1.82) is 0 Å². The molecule has 2 aliphatic rings. The van der Waals surface area contributed by atoms with Crippen molar-refractivity contribution >= 4 is 29.3 Å². The number of amides is 1. The molecule has 0 spiro atoms. The maximum atomic E-state index is 12.5. The Hall–Kier alpha value is -1.53. The number of para-hydroxylation sites is 1. The monoisotopic (exact) mass is 306 g/mol.